The Hall–Kier alpha value is -0.630. The Kier molecular flexibility index (Phi) is 7.12. The van der Waals surface area contributed by atoms with Gasteiger partial charge in [-0.3, -0.25) is 0 Å². The van der Waals surface area contributed by atoms with E-state index in [1.807, 2.05) is 0 Å². The summed E-state index contributed by atoms with van der Waals surface area (Å²) in [6.07, 6.45) is 3.81. The lowest BCUT2D eigenvalue weighted by molar-refractivity contribution is 0.0696. The molecular formula is C13H17BrClNO4S. The van der Waals surface area contributed by atoms with E-state index in [0.29, 0.717) is 6.54 Å². The molecule has 0 aliphatic carbocycles. The third-order valence-electron chi connectivity index (χ3n) is 2.86. The van der Waals surface area contributed by atoms with Crippen LogP contribution in [0.15, 0.2) is 21.5 Å². The van der Waals surface area contributed by atoms with Crippen LogP contribution in [0.1, 0.15) is 43.0 Å². The highest BCUT2D eigenvalue weighted by Gasteiger charge is 2.20. The monoisotopic (exact) mass is 397 g/mol. The van der Waals surface area contributed by atoms with Gasteiger partial charge in [-0.05, 0) is 34.5 Å². The minimum absolute atomic E-state index is 0.0237. The molecule has 5 nitrogen and oxygen atoms in total. The van der Waals surface area contributed by atoms with Crippen LogP contribution in [-0.2, 0) is 10.0 Å². The molecule has 0 saturated heterocycles. The van der Waals surface area contributed by atoms with Crippen molar-refractivity contribution in [3.63, 3.8) is 0 Å². The Morgan fingerprint density at radius 3 is 2.57 bits per heavy atom. The zero-order valence-electron chi connectivity index (χ0n) is 11.5. The average molecular weight is 399 g/mol. The molecule has 21 heavy (non-hydrogen) atoms. The second-order valence-electron chi connectivity index (χ2n) is 4.53. The molecule has 0 atom stereocenters. The fraction of sp³-hybridized carbons (Fsp3) is 0.462. The maximum Gasteiger partial charge on any atom is 0.337 e. The first kappa shape index (κ1) is 18.4. The van der Waals surface area contributed by atoms with Crippen molar-refractivity contribution in [1.82, 2.24) is 4.72 Å². The molecule has 0 bridgehead atoms. The van der Waals surface area contributed by atoms with Crippen LogP contribution >= 0.6 is 27.5 Å². The van der Waals surface area contributed by atoms with E-state index in [4.69, 9.17) is 16.7 Å². The van der Waals surface area contributed by atoms with Crippen LogP contribution in [0.2, 0.25) is 5.02 Å². The first-order valence-electron chi connectivity index (χ1n) is 6.51. The molecule has 0 amide bonds. The molecule has 0 heterocycles. The number of aromatic carboxylic acids is 1. The number of halogens is 2. The lowest BCUT2D eigenvalue weighted by Crippen LogP contribution is -2.25. The van der Waals surface area contributed by atoms with Gasteiger partial charge in [0.1, 0.15) is 0 Å². The molecular weight excluding hydrogens is 382 g/mol. The standard InChI is InChI=1S/C13H17BrClNO4S/c1-2-3-4-5-6-16-21(19,20)9-7-10(13(17)18)12(15)11(14)8-9/h7-8,16H,2-6H2,1H3,(H,17,18). The van der Waals surface area contributed by atoms with Gasteiger partial charge < -0.3 is 5.11 Å². The summed E-state index contributed by atoms with van der Waals surface area (Å²) in [6.45, 7) is 2.40. The normalized spacial score (nSPS) is 11.6. The summed E-state index contributed by atoms with van der Waals surface area (Å²) >= 11 is 8.90. The van der Waals surface area contributed by atoms with E-state index < -0.39 is 16.0 Å². The summed E-state index contributed by atoms with van der Waals surface area (Å²) in [7, 11) is -3.74. The smallest absolute Gasteiger partial charge is 0.337 e. The van der Waals surface area contributed by atoms with E-state index in [0.717, 1.165) is 31.7 Å². The first-order chi connectivity index (χ1) is 9.79. The number of unbranched alkanes of at least 4 members (excludes halogenated alkanes) is 3. The number of nitrogens with one attached hydrogen (secondary N) is 1. The van der Waals surface area contributed by atoms with Gasteiger partial charge in [-0.2, -0.15) is 0 Å². The third-order valence-corrected chi connectivity index (χ3v) is 5.57. The number of hydrogen-bond acceptors (Lipinski definition) is 3. The van der Waals surface area contributed by atoms with Crippen molar-refractivity contribution in [2.24, 2.45) is 0 Å². The number of hydrogen-bond donors (Lipinski definition) is 2. The van der Waals surface area contributed by atoms with Crippen LogP contribution in [0.25, 0.3) is 0 Å². The molecule has 0 aliphatic rings. The van der Waals surface area contributed by atoms with Gasteiger partial charge in [0.15, 0.2) is 0 Å². The molecule has 0 spiro atoms. The lowest BCUT2D eigenvalue weighted by Gasteiger charge is -2.09. The maximum atomic E-state index is 12.1. The summed E-state index contributed by atoms with van der Waals surface area (Å²) in [5.74, 6) is -1.28. The second kappa shape index (κ2) is 8.12. The Morgan fingerprint density at radius 1 is 1.33 bits per heavy atom. The Balaban J connectivity index is 2.91. The second-order valence-corrected chi connectivity index (χ2v) is 7.53. The Labute approximate surface area is 137 Å². The largest absolute Gasteiger partial charge is 0.478 e. The van der Waals surface area contributed by atoms with Crippen LogP contribution in [0.4, 0.5) is 0 Å². The molecule has 0 aromatic heterocycles. The Morgan fingerprint density at radius 2 is 2.00 bits per heavy atom. The molecule has 0 unspecified atom stereocenters. The van der Waals surface area contributed by atoms with Crippen LogP contribution in [0.3, 0.4) is 0 Å². The van der Waals surface area contributed by atoms with E-state index >= 15 is 0 Å². The van der Waals surface area contributed by atoms with E-state index in [1.165, 1.54) is 6.07 Å². The Bertz CT molecular complexity index is 619. The maximum absolute atomic E-state index is 12.1. The minimum atomic E-state index is -3.74. The first-order valence-corrected chi connectivity index (χ1v) is 9.17. The molecule has 0 aliphatic heterocycles. The molecule has 0 radical (unpaired) electrons. The third kappa shape index (κ3) is 5.25. The van der Waals surface area contributed by atoms with Crippen molar-refractivity contribution in [2.45, 2.75) is 37.5 Å². The number of benzene rings is 1. The van der Waals surface area contributed by atoms with E-state index in [1.54, 1.807) is 0 Å². The van der Waals surface area contributed by atoms with Crippen molar-refractivity contribution < 1.29 is 18.3 Å². The molecule has 8 heteroatoms. The fourth-order valence-corrected chi connectivity index (χ4v) is 3.64. The van der Waals surface area contributed by atoms with Gasteiger partial charge in [0.05, 0.1) is 15.5 Å². The van der Waals surface area contributed by atoms with Crippen LogP contribution in [0.5, 0.6) is 0 Å². The summed E-state index contributed by atoms with van der Waals surface area (Å²) in [5.41, 5.74) is -0.252. The molecule has 1 aromatic carbocycles. The quantitative estimate of drug-likeness (QED) is 0.655. The van der Waals surface area contributed by atoms with Crippen LogP contribution < -0.4 is 4.72 Å². The molecule has 2 N–H and O–H groups in total. The van der Waals surface area contributed by atoms with Gasteiger partial charge in [-0.25, -0.2) is 17.9 Å². The predicted molar refractivity (Wildman–Crippen MR) is 85.4 cm³/mol. The molecule has 0 saturated carbocycles. The summed E-state index contributed by atoms with van der Waals surface area (Å²) in [4.78, 5) is 10.9. The van der Waals surface area contributed by atoms with E-state index in [2.05, 4.69) is 27.6 Å². The van der Waals surface area contributed by atoms with Crippen LogP contribution in [0, 0.1) is 0 Å². The number of carboxylic acid groups (broad SMARTS) is 1. The zero-order chi connectivity index (χ0) is 16.0. The number of carboxylic acids is 1. The molecule has 118 valence electrons. The highest BCUT2D eigenvalue weighted by atomic mass is 79.9. The van der Waals surface area contributed by atoms with Gasteiger partial charge in [-0.15, -0.1) is 0 Å². The van der Waals surface area contributed by atoms with Crippen molar-refractivity contribution in [3.05, 3.63) is 27.2 Å². The van der Waals surface area contributed by atoms with Crippen molar-refractivity contribution >= 4 is 43.5 Å². The zero-order valence-corrected chi connectivity index (χ0v) is 14.7. The van der Waals surface area contributed by atoms with Gasteiger partial charge in [0.2, 0.25) is 10.0 Å². The highest BCUT2D eigenvalue weighted by Crippen LogP contribution is 2.29. The molecule has 1 aromatic rings. The van der Waals surface area contributed by atoms with Gasteiger partial charge in [0, 0.05) is 11.0 Å². The van der Waals surface area contributed by atoms with Gasteiger partial charge in [-0.1, -0.05) is 37.8 Å². The number of carbonyl (C=O) groups is 1. The molecule has 0 fully saturated rings. The number of sulfonamides is 1. The summed E-state index contributed by atoms with van der Waals surface area (Å²) in [6, 6.07) is 2.35. The molecule has 1 rings (SSSR count). The average Bonchev–Trinajstić information content (AvgIpc) is 2.40. The topological polar surface area (TPSA) is 83.5 Å². The predicted octanol–water partition coefficient (Wildman–Crippen LogP) is 3.66. The number of rotatable bonds is 8. The fourth-order valence-electron chi connectivity index (χ4n) is 1.72. The van der Waals surface area contributed by atoms with E-state index in [-0.39, 0.29) is 20.0 Å². The van der Waals surface area contributed by atoms with Crippen molar-refractivity contribution in [3.8, 4) is 0 Å². The van der Waals surface area contributed by atoms with Crippen molar-refractivity contribution in [1.29, 1.82) is 0 Å². The summed E-state index contributed by atoms with van der Waals surface area (Å²) < 4.78 is 27.0. The summed E-state index contributed by atoms with van der Waals surface area (Å²) in [5, 5.41) is 9.01. The lowest BCUT2D eigenvalue weighted by atomic mass is 10.2. The highest BCUT2D eigenvalue weighted by molar-refractivity contribution is 9.10. The van der Waals surface area contributed by atoms with E-state index in [9.17, 15) is 13.2 Å². The van der Waals surface area contributed by atoms with Gasteiger partial charge >= 0.3 is 5.97 Å². The minimum Gasteiger partial charge on any atom is -0.478 e. The van der Waals surface area contributed by atoms with Gasteiger partial charge in [0.25, 0.3) is 0 Å². The SMILES string of the molecule is CCCCCCNS(=O)(=O)c1cc(Br)c(Cl)c(C(=O)O)c1. The van der Waals surface area contributed by atoms with Crippen LogP contribution in [-0.4, -0.2) is 26.0 Å². The van der Waals surface area contributed by atoms with Crippen molar-refractivity contribution in [2.75, 3.05) is 6.54 Å².